The Bertz CT molecular complexity index is 983. The number of imide groups is 1. The third kappa shape index (κ3) is 5.06. The highest BCUT2D eigenvalue weighted by Gasteiger charge is 2.51. The highest BCUT2D eigenvalue weighted by Crippen LogP contribution is 2.33. The lowest BCUT2D eigenvalue weighted by molar-refractivity contribution is -0.132. The van der Waals surface area contributed by atoms with Gasteiger partial charge in [0.15, 0.2) is 0 Å². The number of sulfonamides is 1. The lowest BCUT2D eigenvalue weighted by Gasteiger charge is -2.31. The summed E-state index contributed by atoms with van der Waals surface area (Å²) in [4.78, 5) is 38.9. The summed E-state index contributed by atoms with van der Waals surface area (Å²) in [5.74, 6) is -0.218. The molecular formula is C23H32N4O5S. The molecule has 1 aromatic carbocycles. The zero-order valence-corrected chi connectivity index (χ0v) is 19.6. The van der Waals surface area contributed by atoms with Crippen molar-refractivity contribution >= 4 is 27.9 Å². The normalized spacial score (nSPS) is 21.9. The summed E-state index contributed by atoms with van der Waals surface area (Å²) >= 11 is 0. The molecule has 0 bridgehead atoms. The Morgan fingerprint density at radius 2 is 1.73 bits per heavy atom. The van der Waals surface area contributed by atoms with E-state index < -0.39 is 21.6 Å². The number of nitrogens with one attached hydrogen (secondary N) is 2. The maximum atomic E-state index is 12.8. The van der Waals surface area contributed by atoms with E-state index in [1.165, 1.54) is 9.21 Å². The van der Waals surface area contributed by atoms with Crippen LogP contribution < -0.4 is 10.6 Å². The molecule has 2 saturated heterocycles. The van der Waals surface area contributed by atoms with E-state index in [4.69, 9.17) is 0 Å². The summed E-state index contributed by atoms with van der Waals surface area (Å²) < 4.78 is 27.0. The Balaban J connectivity index is 1.20. The van der Waals surface area contributed by atoms with Gasteiger partial charge in [0.1, 0.15) is 5.54 Å². The summed E-state index contributed by atoms with van der Waals surface area (Å²) in [6.45, 7) is 1.37. The van der Waals surface area contributed by atoms with Crippen LogP contribution in [-0.4, -0.2) is 67.2 Å². The molecule has 9 nitrogen and oxygen atoms in total. The molecule has 0 aromatic heterocycles. The molecule has 3 aliphatic rings. The van der Waals surface area contributed by atoms with Crippen LogP contribution in [0.5, 0.6) is 0 Å². The zero-order chi connectivity index (χ0) is 23.5. The van der Waals surface area contributed by atoms with Gasteiger partial charge in [0.2, 0.25) is 15.9 Å². The highest BCUT2D eigenvalue weighted by molar-refractivity contribution is 7.89. The fourth-order valence-corrected chi connectivity index (χ4v) is 6.52. The predicted octanol–water partition coefficient (Wildman–Crippen LogP) is 1.85. The van der Waals surface area contributed by atoms with Gasteiger partial charge in [0, 0.05) is 32.6 Å². The van der Waals surface area contributed by atoms with Gasteiger partial charge >= 0.3 is 6.03 Å². The van der Waals surface area contributed by atoms with E-state index in [-0.39, 0.29) is 30.7 Å². The van der Waals surface area contributed by atoms with Crippen molar-refractivity contribution in [2.45, 2.75) is 61.8 Å². The van der Waals surface area contributed by atoms with E-state index in [9.17, 15) is 22.8 Å². The van der Waals surface area contributed by atoms with E-state index in [1.807, 2.05) is 0 Å². The molecule has 1 aliphatic carbocycles. The quantitative estimate of drug-likeness (QED) is 0.583. The van der Waals surface area contributed by atoms with Crippen molar-refractivity contribution in [3.8, 4) is 0 Å². The third-order valence-electron chi connectivity index (χ3n) is 7.06. The fraction of sp³-hybridized carbons (Fsp3) is 0.609. The lowest BCUT2D eigenvalue weighted by atomic mass is 9.82. The van der Waals surface area contributed by atoms with Crippen molar-refractivity contribution in [1.29, 1.82) is 0 Å². The van der Waals surface area contributed by atoms with Crippen LogP contribution in [0, 0.1) is 5.92 Å². The minimum Gasteiger partial charge on any atom is -0.356 e. The van der Waals surface area contributed by atoms with Gasteiger partial charge in [-0.3, -0.25) is 14.5 Å². The number of urea groups is 1. The first kappa shape index (κ1) is 23.7. The average molecular weight is 477 g/mol. The molecular weight excluding hydrogens is 444 g/mol. The van der Waals surface area contributed by atoms with Gasteiger partial charge in [-0.05, 0) is 43.7 Å². The largest absolute Gasteiger partial charge is 0.356 e. The molecule has 33 heavy (non-hydrogen) atoms. The van der Waals surface area contributed by atoms with E-state index >= 15 is 0 Å². The van der Waals surface area contributed by atoms with Crippen LogP contribution in [0.25, 0.3) is 0 Å². The zero-order valence-electron chi connectivity index (χ0n) is 18.8. The second-order valence-electron chi connectivity index (χ2n) is 9.24. The number of benzene rings is 1. The Kier molecular flexibility index (Phi) is 7.04. The maximum absolute atomic E-state index is 12.8. The van der Waals surface area contributed by atoms with Gasteiger partial charge < -0.3 is 10.6 Å². The number of piperidine rings is 1. The van der Waals surface area contributed by atoms with Crippen LogP contribution in [0.1, 0.15) is 51.4 Å². The standard InChI is InChI=1S/C23H32N4O5S/c28-20(11-16-27-21(29)23(25-22(27)30)12-5-2-6-13-23)24-17-18-9-14-26(15-10-18)33(31,32)19-7-3-1-4-8-19/h1,3-4,7-8,18H,2,5-6,9-17H2,(H,24,28)(H,25,30). The number of hydrogen-bond acceptors (Lipinski definition) is 5. The number of carbonyl (C=O) groups excluding carboxylic acids is 3. The van der Waals surface area contributed by atoms with Gasteiger partial charge in [-0.2, -0.15) is 4.31 Å². The van der Waals surface area contributed by atoms with E-state index in [1.54, 1.807) is 30.3 Å². The monoisotopic (exact) mass is 476 g/mol. The highest BCUT2D eigenvalue weighted by atomic mass is 32.2. The molecule has 0 radical (unpaired) electrons. The van der Waals surface area contributed by atoms with Gasteiger partial charge in [-0.15, -0.1) is 0 Å². The summed E-state index contributed by atoms with van der Waals surface area (Å²) in [5.41, 5.74) is -0.764. The number of hydrogen-bond donors (Lipinski definition) is 2. The Morgan fingerprint density at radius 3 is 2.39 bits per heavy atom. The molecule has 3 fully saturated rings. The molecule has 4 rings (SSSR count). The first-order chi connectivity index (χ1) is 15.8. The SMILES string of the molecule is O=C(CCN1C(=O)NC2(CCCCC2)C1=O)NCC1CCN(S(=O)(=O)c2ccccc2)CC1. The molecule has 0 atom stereocenters. The summed E-state index contributed by atoms with van der Waals surface area (Å²) in [7, 11) is -3.49. The molecule has 1 aromatic rings. The maximum Gasteiger partial charge on any atom is 0.325 e. The van der Waals surface area contributed by atoms with Crippen molar-refractivity contribution in [3.63, 3.8) is 0 Å². The van der Waals surface area contributed by atoms with Gasteiger partial charge in [0.05, 0.1) is 4.90 Å². The minimum absolute atomic E-state index is 0.0659. The number of rotatable bonds is 7. The van der Waals surface area contributed by atoms with Crippen molar-refractivity contribution < 1.29 is 22.8 Å². The summed E-state index contributed by atoms with van der Waals surface area (Å²) in [6.07, 6.45) is 5.65. The number of amides is 4. The van der Waals surface area contributed by atoms with Gasteiger partial charge in [0.25, 0.3) is 5.91 Å². The van der Waals surface area contributed by atoms with Crippen molar-refractivity contribution in [3.05, 3.63) is 30.3 Å². The Hall–Kier alpha value is -2.46. The summed E-state index contributed by atoms with van der Waals surface area (Å²) in [6, 6.07) is 8.01. The smallest absolute Gasteiger partial charge is 0.325 e. The van der Waals surface area contributed by atoms with Gasteiger partial charge in [-0.25, -0.2) is 13.2 Å². The molecule has 1 spiro atoms. The first-order valence-electron chi connectivity index (χ1n) is 11.8. The molecule has 0 unspecified atom stereocenters. The second kappa shape index (κ2) is 9.80. The molecule has 180 valence electrons. The molecule has 2 aliphatic heterocycles. The molecule has 1 saturated carbocycles. The molecule has 10 heteroatoms. The Morgan fingerprint density at radius 1 is 1.06 bits per heavy atom. The third-order valence-corrected chi connectivity index (χ3v) is 8.97. The number of nitrogens with zero attached hydrogens (tertiary/aromatic N) is 2. The van der Waals surface area contributed by atoms with Crippen molar-refractivity contribution in [2.75, 3.05) is 26.2 Å². The fourth-order valence-electron chi connectivity index (χ4n) is 5.03. The summed E-state index contributed by atoms with van der Waals surface area (Å²) in [5, 5.41) is 5.74. The van der Waals surface area contributed by atoms with Crippen molar-refractivity contribution in [2.24, 2.45) is 5.92 Å². The predicted molar refractivity (Wildman–Crippen MR) is 122 cm³/mol. The second-order valence-corrected chi connectivity index (χ2v) is 11.2. The average Bonchev–Trinajstić information content (AvgIpc) is 3.05. The van der Waals surface area contributed by atoms with E-state index in [0.29, 0.717) is 50.2 Å². The molecule has 2 heterocycles. The topological polar surface area (TPSA) is 116 Å². The van der Waals surface area contributed by atoms with Crippen LogP contribution in [0.15, 0.2) is 35.2 Å². The first-order valence-corrected chi connectivity index (χ1v) is 13.2. The van der Waals surface area contributed by atoms with Gasteiger partial charge in [-0.1, -0.05) is 37.5 Å². The van der Waals surface area contributed by atoms with Crippen LogP contribution in [0.3, 0.4) is 0 Å². The van der Waals surface area contributed by atoms with E-state index in [0.717, 1.165) is 19.3 Å². The van der Waals surface area contributed by atoms with Crippen LogP contribution in [0.2, 0.25) is 0 Å². The van der Waals surface area contributed by atoms with Crippen molar-refractivity contribution in [1.82, 2.24) is 19.8 Å². The van der Waals surface area contributed by atoms with Crippen LogP contribution in [0.4, 0.5) is 4.79 Å². The van der Waals surface area contributed by atoms with Crippen LogP contribution >= 0.6 is 0 Å². The van der Waals surface area contributed by atoms with Crippen LogP contribution in [-0.2, 0) is 19.6 Å². The lowest BCUT2D eigenvalue weighted by Crippen LogP contribution is -2.48. The number of carbonyl (C=O) groups is 3. The minimum atomic E-state index is -3.49. The molecule has 2 N–H and O–H groups in total. The van der Waals surface area contributed by atoms with E-state index in [2.05, 4.69) is 10.6 Å². The Labute approximate surface area is 194 Å². The molecule has 4 amide bonds.